The highest BCUT2D eigenvalue weighted by atomic mass is 16.1. The van der Waals surface area contributed by atoms with Crippen molar-refractivity contribution >= 4 is 5.78 Å². The van der Waals surface area contributed by atoms with E-state index >= 15 is 0 Å². The van der Waals surface area contributed by atoms with E-state index in [-0.39, 0.29) is 6.04 Å². The fraction of sp³-hybridized carbons (Fsp3) is 0.941. The van der Waals surface area contributed by atoms with Crippen LogP contribution in [0, 0.1) is 5.92 Å². The van der Waals surface area contributed by atoms with Gasteiger partial charge >= 0.3 is 0 Å². The van der Waals surface area contributed by atoms with Crippen molar-refractivity contribution < 1.29 is 4.79 Å². The van der Waals surface area contributed by atoms with E-state index in [4.69, 9.17) is 0 Å². The molecule has 0 amide bonds. The third-order valence-corrected chi connectivity index (χ3v) is 5.66. The summed E-state index contributed by atoms with van der Waals surface area (Å²) in [5, 5.41) is 3.44. The molecule has 0 aromatic carbocycles. The molecule has 0 radical (unpaired) electrons. The summed E-state index contributed by atoms with van der Waals surface area (Å²) in [6.07, 6.45) is 12.3. The van der Waals surface area contributed by atoms with Crippen LogP contribution in [0.3, 0.4) is 0 Å². The first-order valence-corrected chi connectivity index (χ1v) is 8.84. The monoisotopic (exact) mass is 278 g/mol. The van der Waals surface area contributed by atoms with Crippen molar-refractivity contribution in [2.24, 2.45) is 5.92 Å². The predicted molar refractivity (Wildman–Crippen MR) is 81.8 cm³/mol. The van der Waals surface area contributed by atoms with E-state index in [0.29, 0.717) is 17.7 Å². The fourth-order valence-electron chi connectivity index (χ4n) is 4.52. The van der Waals surface area contributed by atoms with Crippen molar-refractivity contribution in [1.29, 1.82) is 0 Å². The second-order valence-electron chi connectivity index (χ2n) is 7.05. The molecule has 1 aliphatic carbocycles. The Hall–Kier alpha value is -0.410. The van der Waals surface area contributed by atoms with Gasteiger partial charge in [-0.05, 0) is 51.2 Å². The molecule has 0 aromatic rings. The van der Waals surface area contributed by atoms with E-state index in [1.54, 1.807) is 0 Å². The Morgan fingerprint density at radius 2 is 1.70 bits per heavy atom. The van der Waals surface area contributed by atoms with Gasteiger partial charge in [0.2, 0.25) is 0 Å². The van der Waals surface area contributed by atoms with Crippen LogP contribution in [0.5, 0.6) is 0 Å². The number of piperidine rings is 1. The maximum atomic E-state index is 12.7. The summed E-state index contributed by atoms with van der Waals surface area (Å²) >= 11 is 0. The number of Topliss-reactive ketones (excluding diaryl/α,β-unsaturated/α-hetero) is 1. The minimum Gasteiger partial charge on any atom is -0.317 e. The van der Waals surface area contributed by atoms with E-state index in [0.717, 1.165) is 32.5 Å². The number of nitrogens with zero attached hydrogens (tertiary/aromatic N) is 1. The number of rotatable bonds is 4. The molecule has 2 saturated heterocycles. The smallest absolute Gasteiger partial charge is 0.150 e. The van der Waals surface area contributed by atoms with Gasteiger partial charge in [0.15, 0.2) is 0 Å². The summed E-state index contributed by atoms with van der Waals surface area (Å²) < 4.78 is 0. The molecule has 3 nitrogen and oxygen atoms in total. The van der Waals surface area contributed by atoms with Crippen LogP contribution < -0.4 is 5.32 Å². The van der Waals surface area contributed by atoms with E-state index in [2.05, 4.69) is 10.2 Å². The lowest BCUT2D eigenvalue weighted by Crippen LogP contribution is -2.48. The number of hydrogen-bond donors (Lipinski definition) is 1. The van der Waals surface area contributed by atoms with Crippen molar-refractivity contribution in [2.45, 2.75) is 76.3 Å². The van der Waals surface area contributed by atoms with Crippen molar-refractivity contribution in [1.82, 2.24) is 10.2 Å². The normalized spacial score (nSPS) is 30.7. The first kappa shape index (κ1) is 14.5. The molecule has 0 bridgehead atoms. The summed E-state index contributed by atoms with van der Waals surface area (Å²) in [5.74, 6) is 1.26. The first-order chi connectivity index (χ1) is 9.84. The SMILES string of the molecule is O=C(CC1CCCCC1)C1CCCN1C1CCNCC1. The molecule has 114 valence electrons. The van der Waals surface area contributed by atoms with Crippen LogP contribution in [0.4, 0.5) is 0 Å². The maximum Gasteiger partial charge on any atom is 0.150 e. The number of nitrogens with one attached hydrogen (secondary N) is 1. The Labute approximate surface area is 123 Å². The molecule has 2 aliphatic heterocycles. The van der Waals surface area contributed by atoms with Gasteiger partial charge in [0.25, 0.3) is 0 Å². The third kappa shape index (κ3) is 3.43. The molecule has 3 aliphatic rings. The maximum absolute atomic E-state index is 12.7. The highest BCUT2D eigenvalue weighted by Crippen LogP contribution is 2.30. The second-order valence-corrected chi connectivity index (χ2v) is 7.05. The van der Waals surface area contributed by atoms with Crippen LogP contribution in [-0.2, 0) is 4.79 Å². The molecule has 20 heavy (non-hydrogen) atoms. The minimum absolute atomic E-state index is 0.264. The zero-order valence-electron chi connectivity index (χ0n) is 12.8. The summed E-state index contributed by atoms with van der Waals surface area (Å²) in [7, 11) is 0. The Morgan fingerprint density at radius 1 is 0.950 bits per heavy atom. The highest BCUT2D eigenvalue weighted by Gasteiger charge is 2.36. The second kappa shape index (κ2) is 7.04. The number of ketones is 1. The van der Waals surface area contributed by atoms with Crippen LogP contribution in [0.15, 0.2) is 0 Å². The molecule has 3 fully saturated rings. The number of carbonyl (C=O) groups excluding carboxylic acids is 1. The topological polar surface area (TPSA) is 32.3 Å². The van der Waals surface area contributed by atoms with Crippen molar-refractivity contribution in [3.63, 3.8) is 0 Å². The fourth-order valence-corrected chi connectivity index (χ4v) is 4.52. The van der Waals surface area contributed by atoms with E-state index in [1.165, 1.54) is 51.4 Å². The van der Waals surface area contributed by atoms with Crippen LogP contribution in [-0.4, -0.2) is 42.4 Å². The van der Waals surface area contributed by atoms with Crippen molar-refractivity contribution in [3.05, 3.63) is 0 Å². The summed E-state index contributed by atoms with van der Waals surface area (Å²) in [6, 6.07) is 0.930. The standard InChI is InChI=1S/C17H30N2O/c20-17(13-14-5-2-1-3-6-14)16-7-4-12-19(16)15-8-10-18-11-9-15/h14-16,18H,1-13H2. The average Bonchev–Trinajstić information content (AvgIpc) is 2.99. The van der Waals surface area contributed by atoms with Gasteiger partial charge in [-0.25, -0.2) is 0 Å². The Kier molecular flexibility index (Phi) is 5.11. The molecule has 0 aromatic heterocycles. The van der Waals surface area contributed by atoms with Gasteiger partial charge in [-0.15, -0.1) is 0 Å². The van der Waals surface area contributed by atoms with Gasteiger partial charge in [-0.3, -0.25) is 9.69 Å². The molecular weight excluding hydrogens is 248 g/mol. The molecule has 3 rings (SSSR count). The van der Waals surface area contributed by atoms with Crippen molar-refractivity contribution in [3.8, 4) is 0 Å². The Balaban J connectivity index is 1.55. The predicted octanol–water partition coefficient (Wildman–Crippen LogP) is 2.74. The summed E-state index contributed by atoms with van der Waals surface area (Å²) in [5.41, 5.74) is 0. The van der Waals surface area contributed by atoms with E-state index in [1.807, 2.05) is 0 Å². The number of likely N-dealkylation sites (tertiary alicyclic amines) is 1. The molecule has 0 spiro atoms. The molecule has 1 saturated carbocycles. The zero-order chi connectivity index (χ0) is 13.8. The number of hydrogen-bond acceptors (Lipinski definition) is 3. The third-order valence-electron chi connectivity index (χ3n) is 5.66. The van der Waals surface area contributed by atoms with Gasteiger partial charge in [-0.2, -0.15) is 0 Å². The lowest BCUT2D eigenvalue weighted by atomic mass is 9.84. The molecule has 3 heteroatoms. The molecular formula is C17H30N2O. The lowest BCUT2D eigenvalue weighted by Gasteiger charge is -2.35. The van der Waals surface area contributed by atoms with Gasteiger partial charge in [-0.1, -0.05) is 32.1 Å². The van der Waals surface area contributed by atoms with E-state index < -0.39 is 0 Å². The lowest BCUT2D eigenvalue weighted by molar-refractivity contribution is -0.125. The van der Waals surface area contributed by atoms with Gasteiger partial charge < -0.3 is 5.32 Å². The summed E-state index contributed by atoms with van der Waals surface area (Å²) in [4.78, 5) is 15.3. The first-order valence-electron chi connectivity index (χ1n) is 8.84. The van der Waals surface area contributed by atoms with Gasteiger partial charge in [0.05, 0.1) is 6.04 Å². The molecule has 1 unspecified atom stereocenters. The van der Waals surface area contributed by atoms with Crippen LogP contribution in [0.25, 0.3) is 0 Å². The van der Waals surface area contributed by atoms with E-state index in [9.17, 15) is 4.79 Å². The van der Waals surface area contributed by atoms with Crippen LogP contribution in [0.2, 0.25) is 0 Å². The van der Waals surface area contributed by atoms with Crippen LogP contribution >= 0.6 is 0 Å². The Bertz CT molecular complexity index is 319. The summed E-state index contributed by atoms with van der Waals surface area (Å²) in [6.45, 7) is 3.42. The van der Waals surface area contributed by atoms with Gasteiger partial charge in [0, 0.05) is 12.5 Å². The molecule has 2 heterocycles. The van der Waals surface area contributed by atoms with Crippen LogP contribution in [0.1, 0.15) is 64.2 Å². The number of carbonyl (C=O) groups is 1. The quantitative estimate of drug-likeness (QED) is 0.858. The largest absolute Gasteiger partial charge is 0.317 e. The molecule has 1 N–H and O–H groups in total. The van der Waals surface area contributed by atoms with Gasteiger partial charge in [0.1, 0.15) is 5.78 Å². The Morgan fingerprint density at radius 3 is 2.45 bits per heavy atom. The highest BCUT2D eigenvalue weighted by molar-refractivity contribution is 5.84. The average molecular weight is 278 g/mol. The minimum atomic E-state index is 0.264. The molecule has 1 atom stereocenters. The zero-order valence-corrected chi connectivity index (χ0v) is 12.8. The van der Waals surface area contributed by atoms with Crippen molar-refractivity contribution in [2.75, 3.05) is 19.6 Å².